The fraction of sp³-hybridized carbons (Fsp3) is 0.280. The highest BCUT2D eigenvalue weighted by Crippen LogP contribution is 2.35. The first-order valence-corrected chi connectivity index (χ1v) is 11.2. The van der Waals surface area contributed by atoms with Crippen molar-refractivity contribution >= 4 is 17.8 Å². The molecule has 0 spiro atoms. The van der Waals surface area contributed by atoms with Gasteiger partial charge in [0.15, 0.2) is 0 Å². The first-order chi connectivity index (χ1) is 16.5. The maximum atomic E-state index is 14.4. The number of carbonyl (C=O) groups is 3. The van der Waals surface area contributed by atoms with E-state index < -0.39 is 23.3 Å². The highest BCUT2D eigenvalue weighted by atomic mass is 19.1. The number of hydrogen-bond donors (Lipinski definition) is 2. The van der Waals surface area contributed by atoms with Crippen LogP contribution in [0.3, 0.4) is 0 Å². The molecule has 1 unspecified atom stereocenters. The van der Waals surface area contributed by atoms with Crippen molar-refractivity contribution in [3.63, 3.8) is 0 Å². The van der Waals surface area contributed by atoms with E-state index in [1.807, 2.05) is 24.4 Å². The summed E-state index contributed by atoms with van der Waals surface area (Å²) in [6.07, 6.45) is 4.56. The van der Waals surface area contributed by atoms with Crippen molar-refractivity contribution < 1.29 is 18.8 Å². The van der Waals surface area contributed by atoms with Gasteiger partial charge in [0.25, 0.3) is 11.8 Å². The van der Waals surface area contributed by atoms with E-state index in [2.05, 4.69) is 15.7 Å². The lowest BCUT2D eigenvalue weighted by Gasteiger charge is -2.40. The summed E-state index contributed by atoms with van der Waals surface area (Å²) in [5, 5.41) is 9.31. The molecule has 174 valence electrons. The summed E-state index contributed by atoms with van der Waals surface area (Å²) < 4.78 is 16.1. The minimum atomic E-state index is -1.24. The molecule has 0 bridgehead atoms. The molecule has 34 heavy (non-hydrogen) atoms. The zero-order chi connectivity index (χ0) is 23.7. The minimum Gasteiger partial charge on any atom is -0.339 e. The number of rotatable bonds is 5. The second-order valence-corrected chi connectivity index (χ2v) is 8.72. The van der Waals surface area contributed by atoms with Crippen LogP contribution < -0.4 is 10.6 Å². The molecule has 2 N–H and O–H groups in total. The molecule has 2 fully saturated rings. The lowest BCUT2D eigenvalue weighted by Crippen LogP contribution is -2.58. The number of carbonyl (C=O) groups excluding carboxylic acids is 3. The fourth-order valence-corrected chi connectivity index (χ4v) is 4.96. The van der Waals surface area contributed by atoms with E-state index in [9.17, 15) is 18.8 Å². The number of benzene rings is 2. The van der Waals surface area contributed by atoms with Gasteiger partial charge >= 0.3 is 6.03 Å². The molecule has 2 saturated heterocycles. The Labute approximate surface area is 195 Å². The maximum absolute atomic E-state index is 14.4. The largest absolute Gasteiger partial charge is 0.339 e. The zero-order valence-electron chi connectivity index (χ0n) is 18.4. The van der Waals surface area contributed by atoms with Gasteiger partial charge in [-0.25, -0.2) is 13.9 Å². The molecule has 0 radical (unpaired) electrons. The number of imide groups is 1. The Morgan fingerprint density at radius 3 is 2.56 bits per heavy atom. The molecule has 5 rings (SSSR count). The van der Waals surface area contributed by atoms with Crippen LogP contribution in [0, 0.1) is 11.7 Å². The van der Waals surface area contributed by atoms with Gasteiger partial charge in [-0.15, -0.1) is 0 Å². The van der Waals surface area contributed by atoms with Crippen molar-refractivity contribution in [2.45, 2.75) is 24.8 Å². The lowest BCUT2D eigenvalue weighted by molar-refractivity contribution is -0.126. The standard InChI is InChI=1S/C25H24FN5O3/c26-21-8-2-1-5-18(21)16-25(23(33)28-24(34)29-25)19-9-13-30(14-10-19)22(32)17-6-3-7-20(15-17)31-12-4-11-27-31/h1-8,11-12,15,19H,9-10,13-14,16H2,(H2,28,29,33,34). The van der Waals surface area contributed by atoms with E-state index in [1.165, 1.54) is 6.07 Å². The van der Waals surface area contributed by atoms with Crippen molar-refractivity contribution in [2.24, 2.45) is 5.92 Å². The summed E-state index contributed by atoms with van der Waals surface area (Å²) in [5.74, 6) is -1.20. The van der Waals surface area contributed by atoms with Crippen LogP contribution in [0.5, 0.6) is 0 Å². The van der Waals surface area contributed by atoms with E-state index in [0.717, 1.165) is 5.69 Å². The predicted octanol–water partition coefficient (Wildman–Crippen LogP) is 2.68. The van der Waals surface area contributed by atoms with E-state index in [-0.39, 0.29) is 18.2 Å². The average molecular weight is 461 g/mol. The first-order valence-electron chi connectivity index (χ1n) is 11.2. The van der Waals surface area contributed by atoms with Gasteiger partial charge in [-0.05, 0) is 54.7 Å². The fourth-order valence-electron chi connectivity index (χ4n) is 4.96. The minimum absolute atomic E-state index is 0.0573. The Kier molecular flexibility index (Phi) is 5.61. The molecule has 3 heterocycles. The molecule has 2 aromatic carbocycles. The number of urea groups is 1. The zero-order valence-corrected chi connectivity index (χ0v) is 18.4. The molecular formula is C25H24FN5O3. The SMILES string of the molecule is O=C1NC(=O)C(Cc2ccccc2F)(C2CCN(C(=O)c3cccc(-n4cccn4)c3)CC2)N1. The Bertz CT molecular complexity index is 1240. The molecule has 2 aliphatic rings. The van der Waals surface area contributed by atoms with Crippen molar-refractivity contribution in [3.8, 4) is 5.69 Å². The topological polar surface area (TPSA) is 96.3 Å². The summed E-state index contributed by atoms with van der Waals surface area (Å²) in [4.78, 5) is 39.9. The molecule has 1 aromatic heterocycles. The molecule has 2 aliphatic heterocycles. The predicted molar refractivity (Wildman–Crippen MR) is 122 cm³/mol. The number of amides is 4. The van der Waals surface area contributed by atoms with Crippen LogP contribution in [0.1, 0.15) is 28.8 Å². The van der Waals surface area contributed by atoms with Gasteiger partial charge in [0.05, 0.1) is 5.69 Å². The number of nitrogens with one attached hydrogen (secondary N) is 2. The number of nitrogens with zero attached hydrogens (tertiary/aromatic N) is 3. The molecule has 3 aromatic rings. The van der Waals surface area contributed by atoms with Crippen LogP contribution in [0.15, 0.2) is 67.0 Å². The summed E-state index contributed by atoms with van der Waals surface area (Å²) >= 11 is 0. The van der Waals surface area contributed by atoms with Gasteiger partial charge < -0.3 is 10.2 Å². The van der Waals surface area contributed by atoms with Gasteiger partial charge in [0.2, 0.25) is 0 Å². The third kappa shape index (κ3) is 3.93. The number of hydrogen-bond acceptors (Lipinski definition) is 4. The molecule has 4 amide bonds. The Hall–Kier alpha value is -4.01. The second kappa shape index (κ2) is 8.74. The number of halogens is 1. The van der Waals surface area contributed by atoms with E-state index >= 15 is 0 Å². The molecular weight excluding hydrogens is 437 g/mol. The first kappa shape index (κ1) is 21.8. The Morgan fingerprint density at radius 1 is 1.09 bits per heavy atom. The van der Waals surface area contributed by atoms with E-state index in [0.29, 0.717) is 37.1 Å². The van der Waals surface area contributed by atoms with Gasteiger partial charge in [0.1, 0.15) is 11.4 Å². The van der Waals surface area contributed by atoms with Crippen LogP contribution in [-0.4, -0.2) is 51.2 Å². The van der Waals surface area contributed by atoms with Crippen molar-refractivity contribution in [1.29, 1.82) is 0 Å². The van der Waals surface area contributed by atoms with Gasteiger partial charge in [-0.3, -0.25) is 14.9 Å². The highest BCUT2D eigenvalue weighted by Gasteiger charge is 2.52. The van der Waals surface area contributed by atoms with E-state index in [1.54, 1.807) is 46.1 Å². The quantitative estimate of drug-likeness (QED) is 0.571. The van der Waals surface area contributed by atoms with Gasteiger partial charge in [0, 0.05) is 37.5 Å². The number of likely N-dealkylation sites (tertiary alicyclic amines) is 1. The highest BCUT2D eigenvalue weighted by molar-refractivity contribution is 6.07. The molecule has 8 nitrogen and oxygen atoms in total. The van der Waals surface area contributed by atoms with Crippen LogP contribution in [0.2, 0.25) is 0 Å². The Balaban J connectivity index is 1.33. The molecule has 1 atom stereocenters. The van der Waals surface area contributed by atoms with E-state index in [4.69, 9.17) is 0 Å². The normalized spacial score (nSPS) is 20.8. The molecule has 0 saturated carbocycles. The maximum Gasteiger partial charge on any atom is 0.322 e. The number of piperidine rings is 1. The van der Waals surface area contributed by atoms with Gasteiger partial charge in [-0.2, -0.15) is 5.10 Å². The third-order valence-corrected chi connectivity index (χ3v) is 6.74. The summed E-state index contributed by atoms with van der Waals surface area (Å²) in [6, 6.07) is 14.8. The molecule has 0 aliphatic carbocycles. The van der Waals surface area contributed by atoms with Crippen molar-refractivity contribution in [3.05, 3.63) is 83.9 Å². The van der Waals surface area contributed by atoms with Crippen molar-refractivity contribution in [1.82, 2.24) is 25.3 Å². The average Bonchev–Trinajstić information content (AvgIpc) is 3.49. The summed E-state index contributed by atoms with van der Waals surface area (Å²) in [5.41, 5.74) is 0.474. The van der Waals surface area contributed by atoms with Crippen LogP contribution in [0.25, 0.3) is 5.69 Å². The van der Waals surface area contributed by atoms with Crippen molar-refractivity contribution in [2.75, 3.05) is 13.1 Å². The monoisotopic (exact) mass is 461 g/mol. The Morgan fingerprint density at radius 2 is 1.88 bits per heavy atom. The van der Waals surface area contributed by atoms with Gasteiger partial charge in [-0.1, -0.05) is 24.3 Å². The summed E-state index contributed by atoms with van der Waals surface area (Å²) in [7, 11) is 0. The van der Waals surface area contributed by atoms with Crippen LogP contribution in [-0.2, 0) is 11.2 Å². The smallest absolute Gasteiger partial charge is 0.322 e. The number of aromatic nitrogens is 2. The second-order valence-electron chi connectivity index (χ2n) is 8.72. The lowest BCUT2D eigenvalue weighted by atomic mass is 9.74. The van der Waals surface area contributed by atoms with Crippen LogP contribution in [0.4, 0.5) is 9.18 Å². The van der Waals surface area contributed by atoms with Crippen LogP contribution >= 0.6 is 0 Å². The molecule has 9 heteroatoms. The third-order valence-electron chi connectivity index (χ3n) is 6.74. The summed E-state index contributed by atoms with van der Waals surface area (Å²) in [6.45, 7) is 0.856.